The average Bonchev–Trinajstić information content (AvgIpc) is 2.74. The highest BCUT2D eigenvalue weighted by atomic mass is 16.6. The van der Waals surface area contributed by atoms with Crippen LogP contribution in [0.15, 0.2) is 48.5 Å². The third-order valence-corrected chi connectivity index (χ3v) is 5.17. The lowest BCUT2D eigenvalue weighted by atomic mass is 10.0. The van der Waals surface area contributed by atoms with E-state index in [1.54, 1.807) is 4.90 Å². The van der Waals surface area contributed by atoms with Crippen molar-refractivity contribution in [1.82, 2.24) is 4.90 Å². The van der Waals surface area contributed by atoms with Gasteiger partial charge in [-0.25, -0.2) is 4.79 Å². The lowest BCUT2D eigenvalue weighted by molar-refractivity contribution is -0.0788. The van der Waals surface area contributed by atoms with Crippen LogP contribution in [0.2, 0.25) is 0 Å². The van der Waals surface area contributed by atoms with Crippen LogP contribution in [-0.2, 0) is 22.5 Å². The number of carbonyl (C=O) groups is 1. The zero-order valence-electron chi connectivity index (χ0n) is 17.0. The lowest BCUT2D eigenvalue weighted by Crippen LogP contribution is -2.45. The quantitative estimate of drug-likeness (QED) is 0.609. The van der Waals surface area contributed by atoms with Gasteiger partial charge < -0.3 is 9.47 Å². The summed E-state index contributed by atoms with van der Waals surface area (Å²) in [5.74, 6) is 0. The number of nitrogens with zero attached hydrogens (tertiary/aromatic N) is 1. The Morgan fingerprint density at radius 2 is 1.61 bits per heavy atom. The van der Waals surface area contributed by atoms with Crippen molar-refractivity contribution in [3.63, 3.8) is 0 Å². The van der Waals surface area contributed by atoms with Gasteiger partial charge in [-0.1, -0.05) is 61.9 Å². The van der Waals surface area contributed by atoms with Gasteiger partial charge in [0.25, 0.3) is 0 Å². The first-order valence-corrected chi connectivity index (χ1v) is 10.4. The molecule has 0 spiro atoms. The fourth-order valence-electron chi connectivity index (χ4n) is 3.63. The summed E-state index contributed by atoms with van der Waals surface area (Å²) in [7, 11) is 0. The minimum Gasteiger partial charge on any atom is -0.450 e. The number of piperidine rings is 1. The molecule has 0 radical (unpaired) electrons. The summed E-state index contributed by atoms with van der Waals surface area (Å²) >= 11 is 0. The molecule has 0 saturated carbocycles. The van der Waals surface area contributed by atoms with Crippen LogP contribution in [0, 0.1) is 0 Å². The van der Waals surface area contributed by atoms with Crippen LogP contribution < -0.4 is 0 Å². The van der Waals surface area contributed by atoms with Crippen molar-refractivity contribution in [3.05, 3.63) is 59.7 Å². The number of hydrogen-bond donors (Lipinski definition) is 0. The lowest BCUT2D eigenvalue weighted by Gasteiger charge is -2.34. The summed E-state index contributed by atoms with van der Waals surface area (Å²) in [6.07, 6.45) is 4.77. The molecule has 1 aliphatic rings. The zero-order chi connectivity index (χ0) is 19.8. The Morgan fingerprint density at radius 1 is 0.964 bits per heavy atom. The maximum Gasteiger partial charge on any atom is 0.411 e. The molecule has 3 rings (SSSR count). The Labute approximate surface area is 168 Å². The molecule has 1 heterocycles. The molecule has 0 aromatic heterocycles. The van der Waals surface area contributed by atoms with Gasteiger partial charge in [-0.3, -0.25) is 4.90 Å². The second-order valence-electron chi connectivity index (χ2n) is 7.30. The molecule has 1 atom stereocenters. The Balaban J connectivity index is 1.58. The fraction of sp³-hybridized carbons (Fsp3) is 0.458. The fourth-order valence-corrected chi connectivity index (χ4v) is 3.63. The van der Waals surface area contributed by atoms with Gasteiger partial charge in [-0.05, 0) is 54.9 Å². The van der Waals surface area contributed by atoms with Crippen molar-refractivity contribution >= 4 is 6.09 Å². The third kappa shape index (κ3) is 5.35. The number of amides is 1. The van der Waals surface area contributed by atoms with E-state index in [1.807, 2.05) is 6.92 Å². The van der Waals surface area contributed by atoms with Crippen molar-refractivity contribution in [2.75, 3.05) is 13.2 Å². The summed E-state index contributed by atoms with van der Waals surface area (Å²) in [6, 6.07) is 17.3. The van der Waals surface area contributed by atoms with Gasteiger partial charge in [-0.15, -0.1) is 0 Å². The van der Waals surface area contributed by atoms with E-state index in [-0.39, 0.29) is 12.3 Å². The minimum atomic E-state index is -0.269. The number of aryl methyl sites for hydroxylation is 1. The molecule has 1 aliphatic heterocycles. The number of benzene rings is 2. The van der Waals surface area contributed by atoms with Crippen LogP contribution >= 0.6 is 0 Å². The molecule has 0 N–H and O–H groups in total. The molecule has 4 nitrogen and oxygen atoms in total. The molecule has 1 saturated heterocycles. The number of carbonyl (C=O) groups excluding carboxylic acids is 1. The molecule has 1 unspecified atom stereocenters. The Bertz CT molecular complexity index is 739. The Hall–Kier alpha value is -2.33. The van der Waals surface area contributed by atoms with Gasteiger partial charge >= 0.3 is 6.09 Å². The van der Waals surface area contributed by atoms with Gasteiger partial charge in [0.15, 0.2) is 0 Å². The minimum absolute atomic E-state index is 0.196. The van der Waals surface area contributed by atoms with Crippen molar-refractivity contribution in [2.24, 2.45) is 0 Å². The van der Waals surface area contributed by atoms with Crippen LogP contribution in [0.1, 0.15) is 50.7 Å². The van der Waals surface area contributed by atoms with Gasteiger partial charge in [0.2, 0.25) is 0 Å². The average molecular weight is 382 g/mol. The number of rotatable bonds is 7. The SMILES string of the molecule is CCCc1ccc(-c2ccc(COC3CCCCN3C(=O)OCC)cc2)cc1. The van der Waals surface area contributed by atoms with Gasteiger partial charge in [0.1, 0.15) is 6.23 Å². The molecule has 150 valence electrons. The largest absolute Gasteiger partial charge is 0.450 e. The van der Waals surface area contributed by atoms with Crippen LogP contribution in [0.25, 0.3) is 11.1 Å². The van der Waals surface area contributed by atoms with Crippen molar-refractivity contribution in [2.45, 2.75) is 58.8 Å². The van der Waals surface area contributed by atoms with E-state index in [0.717, 1.165) is 31.2 Å². The second-order valence-corrected chi connectivity index (χ2v) is 7.30. The smallest absolute Gasteiger partial charge is 0.411 e. The van der Waals surface area contributed by atoms with Crippen molar-refractivity contribution < 1.29 is 14.3 Å². The predicted octanol–water partition coefficient (Wildman–Crippen LogP) is 5.79. The van der Waals surface area contributed by atoms with Crippen LogP contribution in [0.4, 0.5) is 4.79 Å². The maximum atomic E-state index is 12.1. The van der Waals surface area contributed by atoms with Gasteiger partial charge in [-0.2, -0.15) is 0 Å². The standard InChI is InChI=1S/C24H31NO3/c1-3-7-19-9-13-21(14-10-19)22-15-11-20(12-16-22)18-28-23-8-5-6-17-25(23)24(26)27-4-2/h9-16,23H,3-8,17-18H2,1-2H3. The molecule has 0 aliphatic carbocycles. The molecule has 1 fully saturated rings. The highest BCUT2D eigenvalue weighted by Gasteiger charge is 2.28. The van der Waals surface area contributed by atoms with E-state index in [4.69, 9.17) is 9.47 Å². The molecule has 28 heavy (non-hydrogen) atoms. The van der Waals surface area contributed by atoms with E-state index >= 15 is 0 Å². The van der Waals surface area contributed by atoms with E-state index < -0.39 is 0 Å². The van der Waals surface area contributed by atoms with E-state index in [0.29, 0.717) is 19.8 Å². The first kappa shape index (κ1) is 20.4. The zero-order valence-corrected chi connectivity index (χ0v) is 17.0. The highest BCUT2D eigenvalue weighted by Crippen LogP contribution is 2.23. The molecular weight excluding hydrogens is 350 g/mol. The Kier molecular flexibility index (Phi) is 7.49. The van der Waals surface area contributed by atoms with Gasteiger partial charge in [0.05, 0.1) is 13.2 Å². The maximum absolute atomic E-state index is 12.1. The number of likely N-dealkylation sites (tertiary alicyclic amines) is 1. The first-order chi connectivity index (χ1) is 13.7. The summed E-state index contributed by atoms with van der Waals surface area (Å²) in [5, 5.41) is 0. The van der Waals surface area contributed by atoms with Crippen LogP contribution in [0.3, 0.4) is 0 Å². The second kappa shape index (κ2) is 10.3. The molecule has 2 aromatic carbocycles. The number of ether oxygens (including phenoxy) is 2. The van der Waals surface area contributed by atoms with Crippen molar-refractivity contribution in [1.29, 1.82) is 0 Å². The van der Waals surface area contributed by atoms with E-state index in [1.165, 1.54) is 23.1 Å². The van der Waals surface area contributed by atoms with Crippen molar-refractivity contribution in [3.8, 4) is 11.1 Å². The summed E-state index contributed by atoms with van der Waals surface area (Å²) in [4.78, 5) is 13.8. The predicted molar refractivity (Wildman–Crippen MR) is 112 cm³/mol. The monoisotopic (exact) mass is 381 g/mol. The van der Waals surface area contributed by atoms with Crippen LogP contribution in [0.5, 0.6) is 0 Å². The topological polar surface area (TPSA) is 38.8 Å². The Morgan fingerprint density at radius 3 is 2.21 bits per heavy atom. The molecule has 1 amide bonds. The number of hydrogen-bond acceptors (Lipinski definition) is 3. The van der Waals surface area contributed by atoms with Gasteiger partial charge in [0, 0.05) is 6.54 Å². The summed E-state index contributed by atoms with van der Waals surface area (Å²) < 4.78 is 11.2. The molecule has 4 heteroatoms. The molecule has 2 aromatic rings. The normalized spacial score (nSPS) is 16.8. The third-order valence-electron chi connectivity index (χ3n) is 5.17. The van der Waals surface area contributed by atoms with Crippen LogP contribution in [-0.4, -0.2) is 30.4 Å². The summed E-state index contributed by atoms with van der Waals surface area (Å²) in [6.45, 7) is 5.63. The molecular formula is C24H31NO3. The highest BCUT2D eigenvalue weighted by molar-refractivity contribution is 5.68. The summed E-state index contributed by atoms with van der Waals surface area (Å²) in [5.41, 5.74) is 4.93. The van der Waals surface area contributed by atoms with E-state index in [2.05, 4.69) is 55.5 Å². The molecule has 0 bridgehead atoms. The van der Waals surface area contributed by atoms with E-state index in [9.17, 15) is 4.79 Å². The first-order valence-electron chi connectivity index (χ1n) is 10.4.